The lowest BCUT2D eigenvalue weighted by Gasteiger charge is -1.90. The predicted octanol–water partition coefficient (Wildman–Crippen LogP) is 3.40. The Bertz CT molecular complexity index is 444. The third-order valence-corrected chi connectivity index (χ3v) is 2.99. The average molecular weight is 227 g/mol. The number of thiophene rings is 1. The van der Waals surface area contributed by atoms with E-state index in [1.54, 1.807) is 12.1 Å². The molecular formula is C10H7ClO2S. The molecule has 72 valence electrons. The molecule has 0 spiro atoms. The fourth-order valence-corrected chi connectivity index (χ4v) is 2.17. The molecule has 0 amide bonds. The predicted molar refractivity (Wildman–Crippen MR) is 56.2 cm³/mol. The summed E-state index contributed by atoms with van der Waals surface area (Å²) in [6, 6.07) is 7.27. The van der Waals surface area contributed by atoms with Gasteiger partial charge in [0.05, 0.1) is 4.88 Å². The highest BCUT2D eigenvalue weighted by molar-refractivity contribution is 7.13. The number of hydrogen-bond acceptors (Lipinski definition) is 3. The first kappa shape index (κ1) is 9.49. The zero-order valence-electron chi connectivity index (χ0n) is 7.20. The van der Waals surface area contributed by atoms with Gasteiger partial charge in [-0.25, -0.2) is 0 Å². The van der Waals surface area contributed by atoms with E-state index >= 15 is 0 Å². The van der Waals surface area contributed by atoms with Crippen molar-refractivity contribution in [3.8, 4) is 0 Å². The van der Waals surface area contributed by atoms with Gasteiger partial charge in [0.25, 0.3) is 0 Å². The molecule has 0 aliphatic heterocycles. The molecule has 0 saturated heterocycles. The van der Waals surface area contributed by atoms with E-state index in [4.69, 9.17) is 16.0 Å². The minimum Gasteiger partial charge on any atom is -0.449 e. The molecular weight excluding hydrogens is 220 g/mol. The Hall–Kier alpha value is -1.06. The molecule has 0 unspecified atom stereocenters. The van der Waals surface area contributed by atoms with Crippen LogP contribution in [0.4, 0.5) is 0 Å². The summed E-state index contributed by atoms with van der Waals surface area (Å²) in [5.41, 5.74) is 0. The van der Waals surface area contributed by atoms with E-state index in [9.17, 15) is 4.79 Å². The van der Waals surface area contributed by atoms with Gasteiger partial charge < -0.3 is 4.42 Å². The van der Waals surface area contributed by atoms with Crippen LogP contribution in [0.1, 0.15) is 20.3 Å². The summed E-state index contributed by atoms with van der Waals surface area (Å²) in [6.07, 6.45) is 1.54. The van der Waals surface area contributed by atoms with Gasteiger partial charge in [-0.2, -0.15) is 0 Å². The molecule has 2 rings (SSSR count). The number of furan rings is 1. The minimum absolute atomic E-state index is 0.396. The van der Waals surface area contributed by atoms with Crippen LogP contribution in [-0.2, 0) is 6.42 Å². The number of rotatable bonds is 3. The molecule has 0 atom stereocenters. The fourth-order valence-electron chi connectivity index (χ4n) is 1.17. The summed E-state index contributed by atoms with van der Waals surface area (Å²) >= 11 is 7.11. The van der Waals surface area contributed by atoms with Gasteiger partial charge in [0, 0.05) is 11.3 Å². The van der Waals surface area contributed by atoms with E-state index in [0.29, 0.717) is 11.6 Å². The summed E-state index contributed by atoms with van der Waals surface area (Å²) in [5, 5.41) is 0.396. The van der Waals surface area contributed by atoms with Crippen LogP contribution in [0.3, 0.4) is 0 Å². The second-order valence-electron chi connectivity index (χ2n) is 2.80. The van der Waals surface area contributed by atoms with Crippen molar-refractivity contribution in [1.29, 1.82) is 0 Å². The smallest absolute Gasteiger partial charge is 0.193 e. The van der Waals surface area contributed by atoms with E-state index in [1.807, 2.05) is 12.1 Å². The van der Waals surface area contributed by atoms with E-state index in [2.05, 4.69) is 0 Å². The lowest BCUT2D eigenvalue weighted by Crippen LogP contribution is -1.78. The molecule has 14 heavy (non-hydrogen) atoms. The fraction of sp³-hybridized carbons (Fsp3) is 0.100. The van der Waals surface area contributed by atoms with E-state index < -0.39 is 0 Å². The van der Waals surface area contributed by atoms with Crippen molar-refractivity contribution in [3.05, 3.63) is 45.0 Å². The summed E-state index contributed by atoms with van der Waals surface area (Å²) in [5.74, 6) is 0.814. The van der Waals surface area contributed by atoms with Gasteiger partial charge in [-0.15, -0.1) is 11.3 Å². The maximum atomic E-state index is 10.4. The molecule has 0 bridgehead atoms. The zero-order chi connectivity index (χ0) is 9.97. The molecule has 0 fully saturated rings. The zero-order valence-corrected chi connectivity index (χ0v) is 8.77. The number of aldehydes is 1. The summed E-state index contributed by atoms with van der Waals surface area (Å²) in [6.45, 7) is 0. The Kier molecular flexibility index (Phi) is 2.70. The molecule has 0 N–H and O–H groups in total. The van der Waals surface area contributed by atoms with Crippen molar-refractivity contribution in [2.45, 2.75) is 6.42 Å². The third-order valence-electron chi connectivity index (χ3n) is 1.78. The second-order valence-corrected chi connectivity index (χ2v) is 4.38. The summed E-state index contributed by atoms with van der Waals surface area (Å²) in [4.78, 5) is 12.3. The number of halogens is 1. The van der Waals surface area contributed by atoms with Crippen molar-refractivity contribution in [1.82, 2.24) is 0 Å². The Morgan fingerprint density at radius 2 is 2.21 bits per heavy atom. The molecule has 0 aromatic carbocycles. The van der Waals surface area contributed by atoms with Crippen LogP contribution < -0.4 is 0 Å². The molecule has 2 nitrogen and oxygen atoms in total. The second kappa shape index (κ2) is 3.98. The third kappa shape index (κ3) is 2.05. The Morgan fingerprint density at radius 1 is 1.36 bits per heavy atom. The van der Waals surface area contributed by atoms with Crippen LogP contribution in [0.5, 0.6) is 0 Å². The van der Waals surface area contributed by atoms with E-state index in [0.717, 1.165) is 21.8 Å². The lowest BCUT2D eigenvalue weighted by atomic mass is 10.3. The molecule has 2 aromatic rings. The largest absolute Gasteiger partial charge is 0.449 e. The Morgan fingerprint density at radius 3 is 2.79 bits per heavy atom. The van der Waals surface area contributed by atoms with Crippen molar-refractivity contribution in [3.63, 3.8) is 0 Å². The maximum absolute atomic E-state index is 10.4. The van der Waals surface area contributed by atoms with Crippen LogP contribution in [0.15, 0.2) is 28.7 Å². The molecule has 0 aliphatic carbocycles. The molecule has 0 radical (unpaired) electrons. The highest BCUT2D eigenvalue weighted by Gasteiger charge is 2.04. The minimum atomic E-state index is 0.396. The van der Waals surface area contributed by atoms with Gasteiger partial charge in [0.15, 0.2) is 11.5 Å². The van der Waals surface area contributed by atoms with Gasteiger partial charge in [0.2, 0.25) is 0 Å². The number of carbonyl (C=O) groups is 1. The van der Waals surface area contributed by atoms with Gasteiger partial charge >= 0.3 is 0 Å². The van der Waals surface area contributed by atoms with Gasteiger partial charge in [-0.05, 0) is 35.9 Å². The summed E-state index contributed by atoms with van der Waals surface area (Å²) in [7, 11) is 0. The van der Waals surface area contributed by atoms with Crippen molar-refractivity contribution < 1.29 is 9.21 Å². The van der Waals surface area contributed by atoms with Gasteiger partial charge in [-0.1, -0.05) is 0 Å². The first-order valence-corrected chi connectivity index (χ1v) is 5.25. The van der Waals surface area contributed by atoms with Crippen LogP contribution in [0.2, 0.25) is 5.22 Å². The van der Waals surface area contributed by atoms with Crippen LogP contribution >= 0.6 is 22.9 Å². The monoisotopic (exact) mass is 226 g/mol. The molecule has 0 aliphatic rings. The maximum Gasteiger partial charge on any atom is 0.193 e. The first-order valence-electron chi connectivity index (χ1n) is 4.06. The van der Waals surface area contributed by atoms with Crippen LogP contribution in [-0.4, -0.2) is 6.29 Å². The highest BCUT2D eigenvalue weighted by Crippen LogP contribution is 2.21. The quantitative estimate of drug-likeness (QED) is 0.751. The summed E-state index contributed by atoms with van der Waals surface area (Å²) < 4.78 is 5.21. The molecule has 2 aromatic heterocycles. The lowest BCUT2D eigenvalue weighted by molar-refractivity contribution is 0.112. The molecule has 4 heteroatoms. The van der Waals surface area contributed by atoms with Crippen LogP contribution in [0, 0.1) is 0 Å². The SMILES string of the molecule is O=Cc1ccc(Cc2ccc(Cl)o2)s1. The highest BCUT2D eigenvalue weighted by atomic mass is 35.5. The number of carbonyl (C=O) groups excluding carboxylic acids is 1. The first-order chi connectivity index (χ1) is 6.78. The normalized spacial score (nSPS) is 10.4. The molecule has 0 saturated carbocycles. The Labute approximate surface area is 90.1 Å². The van der Waals surface area contributed by atoms with Gasteiger partial charge in [0.1, 0.15) is 5.76 Å². The van der Waals surface area contributed by atoms with Crippen molar-refractivity contribution in [2.24, 2.45) is 0 Å². The van der Waals surface area contributed by atoms with Crippen molar-refractivity contribution in [2.75, 3.05) is 0 Å². The van der Waals surface area contributed by atoms with E-state index in [1.165, 1.54) is 11.3 Å². The van der Waals surface area contributed by atoms with Crippen molar-refractivity contribution >= 4 is 29.2 Å². The van der Waals surface area contributed by atoms with Crippen LogP contribution in [0.25, 0.3) is 0 Å². The molecule has 2 heterocycles. The topological polar surface area (TPSA) is 30.2 Å². The average Bonchev–Trinajstić information content (AvgIpc) is 2.76. The van der Waals surface area contributed by atoms with Gasteiger partial charge in [-0.3, -0.25) is 4.79 Å². The Balaban J connectivity index is 2.14. The van der Waals surface area contributed by atoms with E-state index in [-0.39, 0.29) is 0 Å². The standard InChI is InChI=1S/C10H7ClO2S/c11-10-4-1-7(13-10)5-8-2-3-9(6-12)14-8/h1-4,6H,5H2. The number of hydrogen-bond donors (Lipinski definition) is 0.